The number of β-lactam (4-membered cyclic amide) rings is 1. The standard InChI is InChI=1S/C12H18FNO2/c1-3-4-5-6-11(15)14-8-10(12(14)16)9(2)7-13/h3-8H2,1-2H3/b10-9-. The molecule has 0 bridgehead atoms. The molecule has 0 aromatic heterocycles. The molecule has 3 nitrogen and oxygen atoms in total. The van der Waals surface area contributed by atoms with Crippen LogP contribution in [0.4, 0.5) is 4.39 Å². The van der Waals surface area contributed by atoms with E-state index in [1.165, 1.54) is 4.90 Å². The van der Waals surface area contributed by atoms with Gasteiger partial charge in [0.2, 0.25) is 5.91 Å². The Kier molecular flexibility index (Phi) is 4.65. The van der Waals surface area contributed by atoms with E-state index in [-0.39, 0.29) is 11.8 Å². The van der Waals surface area contributed by atoms with Gasteiger partial charge in [-0.25, -0.2) is 4.39 Å². The molecule has 0 N–H and O–H groups in total. The van der Waals surface area contributed by atoms with Gasteiger partial charge < -0.3 is 0 Å². The fourth-order valence-corrected chi connectivity index (χ4v) is 1.63. The molecule has 0 radical (unpaired) electrons. The minimum absolute atomic E-state index is 0.131. The average Bonchev–Trinajstić information content (AvgIpc) is 2.27. The van der Waals surface area contributed by atoms with E-state index in [9.17, 15) is 14.0 Å². The van der Waals surface area contributed by atoms with E-state index in [1.54, 1.807) is 6.92 Å². The minimum Gasteiger partial charge on any atom is -0.274 e. The Balaban J connectivity index is 2.43. The highest BCUT2D eigenvalue weighted by molar-refractivity contribution is 6.11. The highest BCUT2D eigenvalue weighted by atomic mass is 19.1. The third-order valence-electron chi connectivity index (χ3n) is 2.83. The molecule has 0 aliphatic carbocycles. The van der Waals surface area contributed by atoms with E-state index in [1.807, 2.05) is 0 Å². The van der Waals surface area contributed by atoms with Gasteiger partial charge in [-0.1, -0.05) is 19.8 Å². The van der Waals surface area contributed by atoms with Gasteiger partial charge in [0, 0.05) is 12.0 Å². The first-order valence-corrected chi connectivity index (χ1v) is 5.71. The maximum Gasteiger partial charge on any atom is 0.258 e. The predicted molar refractivity (Wildman–Crippen MR) is 59.5 cm³/mol. The molecule has 0 atom stereocenters. The molecule has 0 unspecified atom stereocenters. The van der Waals surface area contributed by atoms with E-state index in [0.29, 0.717) is 24.1 Å². The normalized spacial score (nSPS) is 18.4. The van der Waals surface area contributed by atoms with Crippen LogP contribution < -0.4 is 0 Å². The van der Waals surface area contributed by atoms with Gasteiger partial charge in [0.1, 0.15) is 6.67 Å². The van der Waals surface area contributed by atoms with Crippen LogP contribution in [0, 0.1) is 0 Å². The van der Waals surface area contributed by atoms with Gasteiger partial charge in [0.25, 0.3) is 5.91 Å². The van der Waals surface area contributed by atoms with Crippen LogP contribution in [0.3, 0.4) is 0 Å². The summed E-state index contributed by atoms with van der Waals surface area (Å²) in [6, 6.07) is 0. The second-order valence-corrected chi connectivity index (χ2v) is 4.13. The molecule has 4 heteroatoms. The van der Waals surface area contributed by atoms with E-state index in [2.05, 4.69) is 6.92 Å². The van der Waals surface area contributed by atoms with Gasteiger partial charge in [-0.05, 0) is 18.9 Å². The zero-order chi connectivity index (χ0) is 12.1. The van der Waals surface area contributed by atoms with Crippen molar-refractivity contribution in [2.45, 2.75) is 39.5 Å². The average molecular weight is 227 g/mol. The number of likely N-dealkylation sites (tertiary alicyclic amines) is 1. The van der Waals surface area contributed by atoms with Gasteiger partial charge in [-0.15, -0.1) is 0 Å². The van der Waals surface area contributed by atoms with Crippen molar-refractivity contribution in [3.8, 4) is 0 Å². The van der Waals surface area contributed by atoms with Gasteiger partial charge in [0.15, 0.2) is 0 Å². The van der Waals surface area contributed by atoms with Crippen LogP contribution in [-0.2, 0) is 9.59 Å². The number of imide groups is 1. The summed E-state index contributed by atoms with van der Waals surface area (Å²) in [5, 5.41) is 0. The van der Waals surface area contributed by atoms with Crippen molar-refractivity contribution in [1.82, 2.24) is 4.90 Å². The first-order valence-electron chi connectivity index (χ1n) is 5.71. The first kappa shape index (κ1) is 12.9. The summed E-state index contributed by atoms with van der Waals surface area (Å²) in [6.07, 6.45) is 3.29. The lowest BCUT2D eigenvalue weighted by molar-refractivity contribution is -0.147. The van der Waals surface area contributed by atoms with Crippen LogP contribution in [0.1, 0.15) is 39.5 Å². The Morgan fingerprint density at radius 1 is 1.44 bits per heavy atom. The highest BCUT2D eigenvalue weighted by Crippen LogP contribution is 2.22. The highest BCUT2D eigenvalue weighted by Gasteiger charge is 2.36. The number of carbonyl (C=O) groups is 2. The van der Waals surface area contributed by atoms with Gasteiger partial charge in [-0.3, -0.25) is 14.5 Å². The summed E-state index contributed by atoms with van der Waals surface area (Å²) in [6.45, 7) is 3.33. The molecule has 1 aliphatic rings. The summed E-state index contributed by atoms with van der Waals surface area (Å²) in [7, 11) is 0. The quantitative estimate of drug-likeness (QED) is 0.410. The van der Waals surface area contributed by atoms with Crippen molar-refractivity contribution in [3.63, 3.8) is 0 Å². The number of amides is 2. The summed E-state index contributed by atoms with van der Waals surface area (Å²) >= 11 is 0. The molecule has 0 spiro atoms. The summed E-state index contributed by atoms with van der Waals surface area (Å²) in [5.74, 6) is -0.439. The van der Waals surface area contributed by atoms with Crippen molar-refractivity contribution >= 4 is 11.8 Å². The number of nitrogens with zero attached hydrogens (tertiary/aromatic N) is 1. The lowest BCUT2D eigenvalue weighted by atomic mass is 10.00. The summed E-state index contributed by atoms with van der Waals surface area (Å²) < 4.78 is 12.3. The fourth-order valence-electron chi connectivity index (χ4n) is 1.63. The second kappa shape index (κ2) is 5.77. The molecule has 16 heavy (non-hydrogen) atoms. The topological polar surface area (TPSA) is 37.4 Å². The van der Waals surface area contributed by atoms with E-state index in [4.69, 9.17) is 0 Å². The molecule has 1 aliphatic heterocycles. The number of rotatable bonds is 5. The van der Waals surface area contributed by atoms with Crippen LogP contribution in [-0.4, -0.2) is 29.9 Å². The Morgan fingerprint density at radius 3 is 2.62 bits per heavy atom. The third-order valence-corrected chi connectivity index (χ3v) is 2.83. The Morgan fingerprint density at radius 2 is 2.12 bits per heavy atom. The molecule has 1 heterocycles. The molecular formula is C12H18FNO2. The van der Waals surface area contributed by atoms with Crippen molar-refractivity contribution in [3.05, 3.63) is 11.1 Å². The van der Waals surface area contributed by atoms with Crippen molar-refractivity contribution in [2.75, 3.05) is 13.2 Å². The minimum atomic E-state index is -0.612. The van der Waals surface area contributed by atoms with Crippen LogP contribution >= 0.6 is 0 Å². The molecular weight excluding hydrogens is 209 g/mol. The van der Waals surface area contributed by atoms with Crippen molar-refractivity contribution in [1.29, 1.82) is 0 Å². The molecule has 2 amide bonds. The number of halogens is 1. The Labute approximate surface area is 95.3 Å². The lowest BCUT2D eigenvalue weighted by Crippen LogP contribution is -2.50. The Hall–Kier alpha value is -1.19. The van der Waals surface area contributed by atoms with E-state index in [0.717, 1.165) is 19.3 Å². The van der Waals surface area contributed by atoms with Crippen LogP contribution in [0.2, 0.25) is 0 Å². The van der Waals surface area contributed by atoms with Gasteiger partial charge >= 0.3 is 0 Å². The van der Waals surface area contributed by atoms with Gasteiger partial charge in [0.05, 0.1) is 6.54 Å². The Bertz CT molecular complexity index is 323. The molecule has 90 valence electrons. The van der Waals surface area contributed by atoms with Crippen molar-refractivity contribution in [2.24, 2.45) is 0 Å². The molecule has 1 rings (SSSR count). The number of allylic oxidation sites excluding steroid dienone is 1. The molecule has 1 fully saturated rings. The van der Waals surface area contributed by atoms with E-state index >= 15 is 0 Å². The number of hydrogen-bond acceptors (Lipinski definition) is 2. The molecule has 0 saturated carbocycles. The molecule has 0 aromatic rings. The van der Waals surface area contributed by atoms with Crippen LogP contribution in [0.25, 0.3) is 0 Å². The SMILES string of the molecule is CCCCCC(=O)N1C/C(=C(\C)CF)C1=O. The van der Waals surface area contributed by atoms with Crippen molar-refractivity contribution < 1.29 is 14.0 Å². The van der Waals surface area contributed by atoms with E-state index < -0.39 is 6.67 Å². The second-order valence-electron chi connectivity index (χ2n) is 4.13. The number of carbonyl (C=O) groups excluding carboxylic acids is 2. The van der Waals surface area contributed by atoms with Crippen LogP contribution in [0.15, 0.2) is 11.1 Å². The summed E-state index contributed by atoms with van der Waals surface area (Å²) in [4.78, 5) is 24.3. The predicted octanol–water partition coefficient (Wildman–Crippen LogP) is 2.22. The largest absolute Gasteiger partial charge is 0.274 e. The number of hydrogen-bond donors (Lipinski definition) is 0. The monoisotopic (exact) mass is 227 g/mol. The number of alkyl halides is 1. The van der Waals surface area contributed by atoms with Gasteiger partial charge in [-0.2, -0.15) is 0 Å². The zero-order valence-corrected chi connectivity index (χ0v) is 9.88. The first-order chi connectivity index (χ1) is 7.61. The summed E-state index contributed by atoms with van der Waals surface area (Å²) in [5.41, 5.74) is 0.911. The maximum atomic E-state index is 12.3. The maximum absolute atomic E-state index is 12.3. The molecule has 0 aromatic carbocycles. The molecule has 1 saturated heterocycles. The fraction of sp³-hybridized carbons (Fsp3) is 0.667. The van der Waals surface area contributed by atoms with Crippen LogP contribution in [0.5, 0.6) is 0 Å². The smallest absolute Gasteiger partial charge is 0.258 e. The zero-order valence-electron chi connectivity index (χ0n) is 9.88. The lowest BCUT2D eigenvalue weighted by Gasteiger charge is -2.32. The number of unbranched alkanes of at least 4 members (excludes halogenated alkanes) is 2. The third kappa shape index (κ3) is 2.68.